The Morgan fingerprint density at radius 3 is 2.57 bits per heavy atom. The fourth-order valence-corrected chi connectivity index (χ4v) is 3.64. The number of halogens is 2. The van der Waals surface area contributed by atoms with Gasteiger partial charge in [-0.15, -0.1) is 0 Å². The Hall–Kier alpha value is -1.44. The minimum Gasteiger partial charge on any atom is -0.482 e. The fraction of sp³-hybridized carbons (Fsp3) is 0.125. The Kier molecular flexibility index (Phi) is 6.56. The Morgan fingerprint density at radius 2 is 1.91 bits per heavy atom. The van der Waals surface area contributed by atoms with Crippen LogP contribution in [0.5, 0.6) is 5.75 Å². The number of thiocarbonyl (C=S) groups is 1. The topological polar surface area (TPSA) is 50.4 Å². The fourth-order valence-electron chi connectivity index (χ4n) is 1.86. The van der Waals surface area contributed by atoms with Crippen LogP contribution in [0, 0.1) is 6.92 Å². The Morgan fingerprint density at radius 1 is 1.22 bits per heavy atom. The number of anilines is 1. The summed E-state index contributed by atoms with van der Waals surface area (Å²) in [6, 6.07) is 13.2. The van der Waals surface area contributed by atoms with E-state index in [0.29, 0.717) is 5.75 Å². The van der Waals surface area contributed by atoms with Crippen LogP contribution in [-0.2, 0) is 4.79 Å². The molecule has 2 N–H and O–H groups in total. The predicted octanol–water partition coefficient (Wildman–Crippen LogP) is 4.41. The van der Waals surface area contributed by atoms with Crippen molar-refractivity contribution in [2.75, 3.05) is 11.9 Å². The van der Waals surface area contributed by atoms with Crippen molar-refractivity contribution >= 4 is 60.8 Å². The van der Waals surface area contributed by atoms with E-state index < -0.39 is 0 Å². The lowest BCUT2D eigenvalue weighted by Crippen LogP contribution is -2.37. The summed E-state index contributed by atoms with van der Waals surface area (Å²) in [5.41, 5.74) is 1.73. The van der Waals surface area contributed by atoms with E-state index in [1.165, 1.54) is 0 Å². The number of ether oxygens (including phenoxy) is 1. The quantitative estimate of drug-likeness (QED) is 0.667. The van der Waals surface area contributed by atoms with Gasteiger partial charge in [0.1, 0.15) is 5.75 Å². The third-order valence-electron chi connectivity index (χ3n) is 2.83. The van der Waals surface area contributed by atoms with Crippen LogP contribution in [0.2, 0.25) is 0 Å². The molecule has 2 aromatic carbocycles. The van der Waals surface area contributed by atoms with E-state index in [9.17, 15) is 4.79 Å². The van der Waals surface area contributed by atoms with Crippen molar-refractivity contribution in [3.05, 3.63) is 57.0 Å². The summed E-state index contributed by atoms with van der Waals surface area (Å²) in [5, 5.41) is 5.74. The number of rotatable bonds is 4. The van der Waals surface area contributed by atoms with Gasteiger partial charge in [-0.05, 0) is 64.9 Å². The lowest BCUT2D eigenvalue weighted by molar-refractivity contribution is -0.121. The van der Waals surface area contributed by atoms with Gasteiger partial charge in [0.2, 0.25) is 0 Å². The van der Waals surface area contributed by atoms with Crippen molar-refractivity contribution in [1.82, 2.24) is 5.32 Å². The first-order valence-corrected chi connectivity index (χ1v) is 8.69. The van der Waals surface area contributed by atoms with Crippen LogP contribution in [-0.4, -0.2) is 17.6 Å². The molecule has 23 heavy (non-hydrogen) atoms. The molecule has 7 heteroatoms. The Labute approximate surface area is 156 Å². The molecule has 0 saturated heterocycles. The molecule has 1 amide bonds. The molecule has 4 nitrogen and oxygen atoms in total. The van der Waals surface area contributed by atoms with Crippen LogP contribution in [0.4, 0.5) is 5.69 Å². The van der Waals surface area contributed by atoms with Crippen LogP contribution >= 0.6 is 44.1 Å². The van der Waals surface area contributed by atoms with E-state index >= 15 is 0 Å². The third-order valence-corrected chi connectivity index (χ3v) is 4.08. The van der Waals surface area contributed by atoms with Gasteiger partial charge < -0.3 is 10.1 Å². The molecule has 0 atom stereocenters. The number of para-hydroxylation sites is 1. The van der Waals surface area contributed by atoms with Crippen LogP contribution < -0.4 is 15.4 Å². The van der Waals surface area contributed by atoms with Crippen LogP contribution in [0.15, 0.2) is 51.4 Å². The number of amides is 1. The third kappa shape index (κ3) is 5.60. The Balaban J connectivity index is 1.87. The molecule has 0 unspecified atom stereocenters. The average molecular weight is 458 g/mol. The van der Waals surface area contributed by atoms with Crippen molar-refractivity contribution in [2.45, 2.75) is 6.92 Å². The summed E-state index contributed by atoms with van der Waals surface area (Å²) in [4.78, 5) is 11.9. The SMILES string of the molecule is Cc1cc(Br)cc(Br)c1OCC(=O)NC(=S)Nc1ccccc1. The molecular formula is C16H14Br2N2O2S. The van der Waals surface area contributed by atoms with Crippen LogP contribution in [0.1, 0.15) is 5.56 Å². The summed E-state index contributed by atoms with van der Waals surface area (Å²) in [7, 11) is 0. The van der Waals surface area contributed by atoms with E-state index in [0.717, 1.165) is 20.2 Å². The molecule has 0 aromatic heterocycles. The first kappa shape index (κ1) is 17.9. The zero-order valence-corrected chi connectivity index (χ0v) is 16.2. The van der Waals surface area contributed by atoms with Gasteiger partial charge in [-0.1, -0.05) is 34.1 Å². The smallest absolute Gasteiger partial charge is 0.264 e. The largest absolute Gasteiger partial charge is 0.482 e. The number of carbonyl (C=O) groups is 1. The molecule has 2 aromatic rings. The molecular weight excluding hydrogens is 444 g/mol. The minimum absolute atomic E-state index is 0.127. The van der Waals surface area contributed by atoms with Crippen molar-refractivity contribution in [1.29, 1.82) is 0 Å². The van der Waals surface area contributed by atoms with Crippen molar-refractivity contribution < 1.29 is 9.53 Å². The maximum Gasteiger partial charge on any atom is 0.264 e. The zero-order chi connectivity index (χ0) is 16.8. The maximum atomic E-state index is 11.9. The standard InChI is InChI=1S/C16H14Br2N2O2S/c1-10-7-11(17)8-13(18)15(10)22-9-14(21)20-16(23)19-12-5-3-2-4-6-12/h2-8H,9H2,1H3,(H2,19,20,21,23). The van der Waals surface area contributed by atoms with Crippen molar-refractivity contribution in [3.8, 4) is 5.75 Å². The molecule has 0 fully saturated rings. The molecule has 120 valence electrons. The second kappa shape index (κ2) is 8.42. The second-order valence-corrected chi connectivity index (χ2v) is 6.87. The summed E-state index contributed by atoms with van der Waals surface area (Å²) < 4.78 is 7.29. The lowest BCUT2D eigenvalue weighted by Gasteiger charge is -2.13. The van der Waals surface area contributed by atoms with E-state index in [1.54, 1.807) is 0 Å². The molecule has 0 radical (unpaired) electrons. The number of nitrogens with one attached hydrogen (secondary N) is 2. The van der Waals surface area contributed by atoms with E-state index in [1.807, 2.05) is 49.4 Å². The summed E-state index contributed by atoms with van der Waals surface area (Å²) in [6.45, 7) is 1.78. The first-order chi connectivity index (χ1) is 11.0. The number of aryl methyl sites for hydroxylation is 1. The van der Waals surface area contributed by atoms with Crippen molar-refractivity contribution in [3.63, 3.8) is 0 Å². The van der Waals surface area contributed by atoms with Gasteiger partial charge in [0.15, 0.2) is 11.7 Å². The minimum atomic E-state index is -0.326. The highest BCUT2D eigenvalue weighted by molar-refractivity contribution is 9.11. The maximum absolute atomic E-state index is 11.9. The summed E-state index contributed by atoms with van der Waals surface area (Å²) in [5.74, 6) is 0.304. The summed E-state index contributed by atoms with van der Waals surface area (Å²) in [6.07, 6.45) is 0. The van der Waals surface area contributed by atoms with Gasteiger partial charge in [0.25, 0.3) is 5.91 Å². The highest BCUT2D eigenvalue weighted by atomic mass is 79.9. The number of benzene rings is 2. The zero-order valence-electron chi connectivity index (χ0n) is 12.2. The number of carbonyl (C=O) groups excluding carboxylic acids is 1. The monoisotopic (exact) mass is 456 g/mol. The van der Waals surface area contributed by atoms with E-state index in [4.69, 9.17) is 17.0 Å². The molecule has 0 aliphatic heterocycles. The van der Waals surface area contributed by atoms with Gasteiger partial charge in [-0.2, -0.15) is 0 Å². The Bertz CT molecular complexity index is 700. The lowest BCUT2D eigenvalue weighted by atomic mass is 10.2. The van der Waals surface area contributed by atoms with Crippen molar-refractivity contribution in [2.24, 2.45) is 0 Å². The molecule has 0 spiro atoms. The normalized spacial score (nSPS) is 10.0. The van der Waals surface area contributed by atoms with Gasteiger partial charge in [0, 0.05) is 10.2 Å². The summed E-state index contributed by atoms with van der Waals surface area (Å²) >= 11 is 11.9. The molecule has 2 rings (SSSR count). The first-order valence-electron chi connectivity index (χ1n) is 6.70. The average Bonchev–Trinajstić information content (AvgIpc) is 2.46. The molecule has 0 aliphatic carbocycles. The second-order valence-electron chi connectivity index (χ2n) is 4.69. The van der Waals surface area contributed by atoms with Gasteiger partial charge in [-0.3, -0.25) is 10.1 Å². The van der Waals surface area contributed by atoms with E-state index in [-0.39, 0.29) is 17.6 Å². The van der Waals surface area contributed by atoms with Crippen LogP contribution in [0.3, 0.4) is 0 Å². The van der Waals surface area contributed by atoms with Crippen LogP contribution in [0.25, 0.3) is 0 Å². The van der Waals surface area contributed by atoms with E-state index in [2.05, 4.69) is 42.5 Å². The molecule has 0 saturated carbocycles. The molecule has 0 heterocycles. The van der Waals surface area contributed by atoms with Gasteiger partial charge in [0.05, 0.1) is 4.47 Å². The predicted molar refractivity (Wildman–Crippen MR) is 103 cm³/mol. The van der Waals surface area contributed by atoms with Gasteiger partial charge in [-0.25, -0.2) is 0 Å². The highest BCUT2D eigenvalue weighted by Crippen LogP contribution is 2.32. The van der Waals surface area contributed by atoms with Gasteiger partial charge >= 0.3 is 0 Å². The molecule has 0 aliphatic rings. The molecule has 0 bridgehead atoms. The number of hydrogen-bond acceptors (Lipinski definition) is 3. The highest BCUT2D eigenvalue weighted by Gasteiger charge is 2.10. The number of hydrogen-bond donors (Lipinski definition) is 2.